The average molecular weight is 442 g/mol. The van der Waals surface area contributed by atoms with Crippen LogP contribution in [0.25, 0.3) is 0 Å². The number of benzene rings is 1. The lowest BCUT2D eigenvalue weighted by Gasteiger charge is -2.08. The van der Waals surface area contributed by atoms with Gasteiger partial charge in [-0.2, -0.15) is 0 Å². The van der Waals surface area contributed by atoms with Crippen LogP contribution in [0.4, 0.5) is 5.69 Å². The monoisotopic (exact) mass is 441 g/mol. The van der Waals surface area contributed by atoms with Gasteiger partial charge >= 0.3 is 0 Å². The van der Waals surface area contributed by atoms with E-state index in [4.69, 9.17) is 26.8 Å². The molecule has 0 amide bonds. The van der Waals surface area contributed by atoms with Crippen LogP contribution in [0.15, 0.2) is 23.2 Å². The Kier molecular flexibility index (Phi) is 11.4. The van der Waals surface area contributed by atoms with E-state index in [0.717, 1.165) is 18.7 Å². The minimum absolute atomic E-state index is 0. The highest BCUT2D eigenvalue weighted by Gasteiger charge is 2.02. The maximum atomic E-state index is 6.04. The molecule has 0 atom stereocenters. The van der Waals surface area contributed by atoms with Crippen LogP contribution < -0.4 is 15.8 Å². The minimum atomic E-state index is 0. The third-order valence-electron chi connectivity index (χ3n) is 2.60. The topological polar surface area (TPSA) is 68.9 Å². The van der Waals surface area contributed by atoms with E-state index in [1.165, 1.54) is 0 Å². The zero-order chi connectivity index (χ0) is 15.7. The standard InChI is InChI=1S/C15H24ClN3O2.HI/c1-11(2)10-21-8-4-7-18-15(17)19-12-5-6-14(20-3)13(16)9-12;/h5-6,9,11H,4,7-8,10H2,1-3H3,(H3,17,18,19);1H. The third-order valence-corrected chi connectivity index (χ3v) is 2.90. The van der Waals surface area contributed by atoms with Crippen molar-refractivity contribution in [3.63, 3.8) is 0 Å². The number of nitrogens with zero attached hydrogens (tertiary/aromatic N) is 1. The van der Waals surface area contributed by atoms with Crippen LogP contribution >= 0.6 is 35.6 Å². The molecule has 0 unspecified atom stereocenters. The first-order valence-electron chi connectivity index (χ1n) is 7.01. The number of hydrogen-bond acceptors (Lipinski definition) is 3. The Labute approximate surface area is 154 Å². The van der Waals surface area contributed by atoms with E-state index in [9.17, 15) is 0 Å². The van der Waals surface area contributed by atoms with Gasteiger partial charge in [-0.1, -0.05) is 25.4 Å². The highest BCUT2D eigenvalue weighted by Crippen LogP contribution is 2.26. The molecule has 0 radical (unpaired) electrons. The first-order chi connectivity index (χ1) is 10.0. The van der Waals surface area contributed by atoms with Crippen molar-refractivity contribution in [2.45, 2.75) is 20.3 Å². The minimum Gasteiger partial charge on any atom is -0.495 e. The summed E-state index contributed by atoms with van der Waals surface area (Å²) in [5, 5.41) is 3.52. The number of nitrogens with one attached hydrogen (secondary N) is 1. The van der Waals surface area contributed by atoms with E-state index in [1.54, 1.807) is 19.2 Å². The van der Waals surface area contributed by atoms with Crippen molar-refractivity contribution >= 4 is 47.2 Å². The Balaban J connectivity index is 0.00000441. The number of hydrogen-bond donors (Lipinski definition) is 2. The number of nitrogens with two attached hydrogens (primary N) is 1. The molecule has 0 spiro atoms. The molecule has 0 aliphatic rings. The fourth-order valence-corrected chi connectivity index (χ4v) is 1.87. The van der Waals surface area contributed by atoms with Crippen molar-refractivity contribution in [2.75, 3.05) is 32.2 Å². The number of aliphatic imine (C=N–C) groups is 1. The molecule has 0 fully saturated rings. The smallest absolute Gasteiger partial charge is 0.193 e. The van der Waals surface area contributed by atoms with Gasteiger partial charge in [0, 0.05) is 25.4 Å². The molecule has 5 nitrogen and oxygen atoms in total. The van der Waals surface area contributed by atoms with Crippen LogP contribution in [-0.2, 0) is 4.74 Å². The summed E-state index contributed by atoms with van der Waals surface area (Å²) in [4.78, 5) is 4.24. The van der Waals surface area contributed by atoms with Crippen molar-refractivity contribution in [3.8, 4) is 5.75 Å². The molecule has 7 heteroatoms. The van der Waals surface area contributed by atoms with Gasteiger partial charge in [-0.15, -0.1) is 24.0 Å². The molecule has 1 aromatic rings. The lowest BCUT2D eigenvalue weighted by molar-refractivity contribution is 0.109. The van der Waals surface area contributed by atoms with Crippen LogP contribution in [0.3, 0.4) is 0 Å². The molecule has 1 aromatic carbocycles. The molecule has 1 rings (SSSR count). The highest BCUT2D eigenvalue weighted by molar-refractivity contribution is 14.0. The lowest BCUT2D eigenvalue weighted by atomic mass is 10.2. The van der Waals surface area contributed by atoms with Crippen molar-refractivity contribution in [3.05, 3.63) is 23.2 Å². The first-order valence-corrected chi connectivity index (χ1v) is 7.39. The fourth-order valence-electron chi connectivity index (χ4n) is 1.62. The summed E-state index contributed by atoms with van der Waals surface area (Å²) < 4.78 is 10.6. The van der Waals surface area contributed by atoms with Gasteiger partial charge in [-0.3, -0.25) is 4.99 Å². The largest absolute Gasteiger partial charge is 0.495 e. The zero-order valence-corrected chi connectivity index (χ0v) is 16.4. The van der Waals surface area contributed by atoms with Crippen LogP contribution in [0.1, 0.15) is 20.3 Å². The molecular weight excluding hydrogens is 417 g/mol. The van der Waals surface area contributed by atoms with Crippen LogP contribution in [0.2, 0.25) is 5.02 Å². The number of methoxy groups -OCH3 is 1. The van der Waals surface area contributed by atoms with Crippen molar-refractivity contribution in [1.29, 1.82) is 0 Å². The van der Waals surface area contributed by atoms with Gasteiger partial charge in [0.2, 0.25) is 0 Å². The van der Waals surface area contributed by atoms with E-state index < -0.39 is 0 Å². The molecule has 22 heavy (non-hydrogen) atoms. The normalized spacial score (nSPS) is 11.2. The maximum Gasteiger partial charge on any atom is 0.193 e. The van der Waals surface area contributed by atoms with Crippen LogP contribution in [0, 0.1) is 5.92 Å². The Morgan fingerprint density at radius 2 is 2.14 bits per heavy atom. The highest BCUT2D eigenvalue weighted by atomic mass is 127. The predicted octanol–water partition coefficient (Wildman–Crippen LogP) is 3.76. The molecule has 0 saturated heterocycles. The number of ether oxygens (including phenoxy) is 2. The van der Waals surface area contributed by atoms with Gasteiger partial charge in [0.25, 0.3) is 0 Å². The molecule has 0 bridgehead atoms. The molecule has 126 valence electrons. The third kappa shape index (κ3) is 8.65. The first kappa shape index (κ1) is 21.3. The summed E-state index contributed by atoms with van der Waals surface area (Å²) in [7, 11) is 1.57. The summed E-state index contributed by atoms with van der Waals surface area (Å²) in [5.74, 6) is 1.54. The molecule has 0 aliphatic carbocycles. The summed E-state index contributed by atoms with van der Waals surface area (Å²) in [6.07, 6.45) is 0.846. The second-order valence-electron chi connectivity index (χ2n) is 5.06. The molecule has 0 saturated carbocycles. The average Bonchev–Trinajstić information content (AvgIpc) is 2.42. The summed E-state index contributed by atoms with van der Waals surface area (Å²) in [6.45, 7) is 6.35. The van der Waals surface area contributed by atoms with E-state index in [1.807, 2.05) is 6.07 Å². The quantitative estimate of drug-likeness (QED) is 0.279. The van der Waals surface area contributed by atoms with Gasteiger partial charge < -0.3 is 20.5 Å². The van der Waals surface area contributed by atoms with Crippen molar-refractivity contribution < 1.29 is 9.47 Å². The second-order valence-corrected chi connectivity index (χ2v) is 5.47. The summed E-state index contributed by atoms with van der Waals surface area (Å²) in [6, 6.07) is 5.35. The van der Waals surface area contributed by atoms with Gasteiger partial charge in [-0.05, 0) is 30.5 Å². The van der Waals surface area contributed by atoms with Crippen LogP contribution in [-0.4, -0.2) is 32.8 Å². The zero-order valence-electron chi connectivity index (χ0n) is 13.3. The lowest BCUT2D eigenvalue weighted by Crippen LogP contribution is -2.23. The fraction of sp³-hybridized carbons (Fsp3) is 0.533. The SMILES string of the molecule is COc1ccc(NC(N)=NCCCOCC(C)C)cc1Cl.I. The van der Waals surface area contributed by atoms with E-state index in [2.05, 4.69) is 24.2 Å². The van der Waals surface area contributed by atoms with E-state index in [-0.39, 0.29) is 24.0 Å². The summed E-state index contributed by atoms with van der Waals surface area (Å²) >= 11 is 6.04. The van der Waals surface area contributed by atoms with E-state index >= 15 is 0 Å². The number of halogens is 2. The van der Waals surface area contributed by atoms with Crippen molar-refractivity contribution in [2.24, 2.45) is 16.6 Å². The summed E-state index contributed by atoms with van der Waals surface area (Å²) in [5.41, 5.74) is 6.59. The van der Waals surface area contributed by atoms with Crippen LogP contribution in [0.5, 0.6) is 5.75 Å². The number of rotatable bonds is 8. The van der Waals surface area contributed by atoms with Gasteiger partial charge in [0.1, 0.15) is 5.75 Å². The Morgan fingerprint density at radius 1 is 1.41 bits per heavy atom. The number of guanidine groups is 1. The molecular formula is C15H25ClIN3O2. The predicted molar refractivity (Wildman–Crippen MR) is 104 cm³/mol. The number of anilines is 1. The van der Waals surface area contributed by atoms with Crippen molar-refractivity contribution in [1.82, 2.24) is 0 Å². The Bertz CT molecular complexity index is 470. The molecule has 0 aliphatic heterocycles. The molecule has 3 N–H and O–H groups in total. The maximum absolute atomic E-state index is 6.04. The Morgan fingerprint density at radius 3 is 2.73 bits per heavy atom. The van der Waals surface area contributed by atoms with Gasteiger partial charge in [-0.25, -0.2) is 0 Å². The second kappa shape index (κ2) is 11.8. The molecule has 0 heterocycles. The van der Waals surface area contributed by atoms with E-state index in [0.29, 0.717) is 35.8 Å². The Hall–Kier alpha value is -0.730. The van der Waals surface area contributed by atoms with Gasteiger partial charge in [0.15, 0.2) is 5.96 Å². The molecule has 0 aromatic heterocycles. The van der Waals surface area contributed by atoms with Gasteiger partial charge in [0.05, 0.1) is 12.1 Å².